The number of aldehydes is 1. The Morgan fingerprint density at radius 1 is 1.46 bits per heavy atom. The largest absolute Gasteiger partial charge is 0.298 e. The van der Waals surface area contributed by atoms with Gasteiger partial charge in [0.25, 0.3) is 0 Å². The SMILES string of the molecule is CC12CC[C@H](C(C=O)=C1Br)C2(C)C. The van der Waals surface area contributed by atoms with Crippen molar-refractivity contribution in [2.24, 2.45) is 16.7 Å². The van der Waals surface area contributed by atoms with Gasteiger partial charge in [-0.25, -0.2) is 0 Å². The fourth-order valence-electron chi connectivity index (χ4n) is 3.04. The summed E-state index contributed by atoms with van der Waals surface area (Å²) in [6, 6.07) is 0. The van der Waals surface area contributed by atoms with Crippen LogP contribution in [0.1, 0.15) is 33.6 Å². The van der Waals surface area contributed by atoms with Gasteiger partial charge >= 0.3 is 0 Å². The summed E-state index contributed by atoms with van der Waals surface area (Å²) in [6.07, 6.45) is 3.43. The highest BCUT2D eigenvalue weighted by Crippen LogP contribution is 2.68. The zero-order valence-corrected chi connectivity index (χ0v) is 9.94. The topological polar surface area (TPSA) is 17.1 Å². The van der Waals surface area contributed by atoms with Crippen molar-refractivity contribution in [1.29, 1.82) is 0 Å². The maximum Gasteiger partial charge on any atom is 0.147 e. The van der Waals surface area contributed by atoms with Gasteiger partial charge < -0.3 is 0 Å². The molecule has 2 bridgehead atoms. The van der Waals surface area contributed by atoms with Crippen molar-refractivity contribution >= 4 is 22.2 Å². The van der Waals surface area contributed by atoms with E-state index in [0.29, 0.717) is 5.92 Å². The molecule has 2 heteroatoms. The Kier molecular flexibility index (Phi) is 1.80. The van der Waals surface area contributed by atoms with Crippen LogP contribution in [-0.2, 0) is 4.79 Å². The second-order valence-electron chi connectivity index (χ2n) is 5.03. The van der Waals surface area contributed by atoms with Crippen molar-refractivity contribution in [3.63, 3.8) is 0 Å². The maximum atomic E-state index is 10.9. The second-order valence-corrected chi connectivity index (χ2v) is 5.83. The number of carbonyl (C=O) groups is 1. The van der Waals surface area contributed by atoms with Crippen molar-refractivity contribution in [3.8, 4) is 0 Å². The van der Waals surface area contributed by atoms with Crippen LogP contribution in [0.15, 0.2) is 10.1 Å². The van der Waals surface area contributed by atoms with Gasteiger partial charge in [-0.15, -0.1) is 0 Å². The number of hydrogen-bond donors (Lipinski definition) is 0. The van der Waals surface area contributed by atoms with Gasteiger partial charge in [0.15, 0.2) is 0 Å². The van der Waals surface area contributed by atoms with E-state index < -0.39 is 0 Å². The Hall–Kier alpha value is -0.110. The van der Waals surface area contributed by atoms with E-state index in [0.717, 1.165) is 16.3 Å². The molecule has 2 aliphatic rings. The second kappa shape index (κ2) is 2.47. The van der Waals surface area contributed by atoms with Gasteiger partial charge in [-0.05, 0) is 24.2 Å². The van der Waals surface area contributed by atoms with Crippen LogP contribution in [0.5, 0.6) is 0 Å². The molecule has 1 nitrogen and oxygen atoms in total. The van der Waals surface area contributed by atoms with Crippen LogP contribution < -0.4 is 0 Å². The average Bonchev–Trinajstić information content (AvgIpc) is 2.36. The molecule has 1 unspecified atom stereocenters. The molecule has 13 heavy (non-hydrogen) atoms. The molecule has 0 aromatic carbocycles. The first-order valence-electron chi connectivity index (χ1n) is 4.80. The van der Waals surface area contributed by atoms with Crippen LogP contribution in [0.25, 0.3) is 0 Å². The van der Waals surface area contributed by atoms with Gasteiger partial charge in [-0.3, -0.25) is 4.79 Å². The summed E-state index contributed by atoms with van der Waals surface area (Å²) in [4.78, 5) is 10.9. The lowest BCUT2D eigenvalue weighted by molar-refractivity contribution is -0.105. The Labute approximate surface area is 87.7 Å². The van der Waals surface area contributed by atoms with Crippen LogP contribution in [0.4, 0.5) is 0 Å². The van der Waals surface area contributed by atoms with Crippen LogP contribution in [0.2, 0.25) is 0 Å². The third kappa shape index (κ3) is 0.855. The smallest absolute Gasteiger partial charge is 0.147 e. The van der Waals surface area contributed by atoms with Crippen molar-refractivity contribution in [1.82, 2.24) is 0 Å². The first-order valence-corrected chi connectivity index (χ1v) is 5.60. The summed E-state index contributed by atoms with van der Waals surface area (Å²) >= 11 is 3.60. The van der Waals surface area contributed by atoms with Crippen LogP contribution in [-0.4, -0.2) is 6.29 Å². The van der Waals surface area contributed by atoms with Gasteiger partial charge in [0.05, 0.1) is 0 Å². The molecule has 0 saturated heterocycles. The number of hydrogen-bond acceptors (Lipinski definition) is 1. The molecule has 72 valence electrons. The molecule has 2 atom stereocenters. The van der Waals surface area contributed by atoms with E-state index in [4.69, 9.17) is 0 Å². The van der Waals surface area contributed by atoms with E-state index in [2.05, 4.69) is 36.7 Å². The molecule has 0 radical (unpaired) electrons. The standard InChI is InChI=1S/C11H15BrO/c1-10(2)8-4-5-11(10,3)9(12)7(8)6-13/h6,8H,4-5H2,1-3H3/t8-,11?/m1/s1. The van der Waals surface area contributed by atoms with Crippen LogP contribution >= 0.6 is 15.9 Å². The van der Waals surface area contributed by atoms with Gasteiger partial charge in [0, 0.05) is 15.5 Å². The molecule has 2 aliphatic carbocycles. The van der Waals surface area contributed by atoms with Crippen molar-refractivity contribution in [2.75, 3.05) is 0 Å². The number of fused-ring (bicyclic) bond motifs is 2. The highest BCUT2D eigenvalue weighted by atomic mass is 79.9. The van der Waals surface area contributed by atoms with E-state index in [9.17, 15) is 4.79 Å². The van der Waals surface area contributed by atoms with Crippen molar-refractivity contribution < 1.29 is 4.79 Å². The lowest BCUT2D eigenvalue weighted by Gasteiger charge is -2.35. The van der Waals surface area contributed by atoms with Gasteiger partial charge in [-0.2, -0.15) is 0 Å². The molecule has 2 rings (SSSR count). The molecule has 1 fully saturated rings. The molecular formula is C11H15BrO. The monoisotopic (exact) mass is 242 g/mol. The van der Waals surface area contributed by atoms with Gasteiger partial charge in [0.1, 0.15) is 6.29 Å². The van der Waals surface area contributed by atoms with E-state index in [1.54, 1.807) is 0 Å². The fraction of sp³-hybridized carbons (Fsp3) is 0.727. The summed E-state index contributed by atoms with van der Waals surface area (Å²) < 4.78 is 1.16. The normalized spacial score (nSPS) is 41.4. The Morgan fingerprint density at radius 3 is 2.38 bits per heavy atom. The summed E-state index contributed by atoms with van der Waals surface area (Å²) in [6.45, 7) is 6.83. The summed E-state index contributed by atoms with van der Waals surface area (Å²) in [7, 11) is 0. The van der Waals surface area contributed by atoms with Crippen LogP contribution in [0, 0.1) is 16.7 Å². The number of allylic oxidation sites excluding steroid dienone is 2. The first-order chi connectivity index (χ1) is 5.95. The lowest BCUT2D eigenvalue weighted by Crippen LogP contribution is -2.28. The zero-order chi connectivity index (χ0) is 9.85. The lowest BCUT2D eigenvalue weighted by atomic mass is 9.70. The maximum absolute atomic E-state index is 10.9. The van der Waals surface area contributed by atoms with Crippen molar-refractivity contribution in [2.45, 2.75) is 33.6 Å². The van der Waals surface area contributed by atoms with E-state index in [-0.39, 0.29) is 10.8 Å². The number of halogens is 1. The highest BCUT2D eigenvalue weighted by molar-refractivity contribution is 9.11. The van der Waals surface area contributed by atoms with E-state index in [1.165, 1.54) is 12.8 Å². The molecule has 0 heterocycles. The molecule has 0 aromatic rings. The Morgan fingerprint density at radius 2 is 2.08 bits per heavy atom. The predicted octanol–water partition coefficient (Wildman–Crippen LogP) is 3.29. The third-order valence-corrected chi connectivity index (χ3v) is 5.80. The van der Waals surface area contributed by atoms with Crippen LogP contribution in [0.3, 0.4) is 0 Å². The summed E-state index contributed by atoms with van der Waals surface area (Å²) in [5.74, 6) is 0.476. The molecule has 0 aromatic heterocycles. The van der Waals surface area contributed by atoms with Crippen molar-refractivity contribution in [3.05, 3.63) is 10.1 Å². The van der Waals surface area contributed by atoms with E-state index >= 15 is 0 Å². The van der Waals surface area contributed by atoms with Gasteiger partial charge in [-0.1, -0.05) is 36.7 Å². The Balaban J connectivity index is 2.58. The zero-order valence-electron chi connectivity index (χ0n) is 8.36. The minimum Gasteiger partial charge on any atom is -0.298 e. The molecule has 1 saturated carbocycles. The molecule has 0 aliphatic heterocycles. The number of rotatable bonds is 1. The molecule has 0 N–H and O–H groups in total. The first kappa shape index (κ1) is 9.45. The van der Waals surface area contributed by atoms with Gasteiger partial charge in [0.2, 0.25) is 0 Å². The fourth-order valence-corrected chi connectivity index (χ4v) is 4.12. The third-order valence-electron chi connectivity index (χ3n) is 4.47. The summed E-state index contributed by atoms with van der Waals surface area (Å²) in [5.41, 5.74) is 1.47. The van der Waals surface area contributed by atoms with E-state index in [1.807, 2.05) is 0 Å². The molecule has 0 spiro atoms. The minimum atomic E-state index is 0.202. The minimum absolute atomic E-state index is 0.202. The molecular weight excluding hydrogens is 228 g/mol. The number of carbonyl (C=O) groups excluding carboxylic acids is 1. The highest BCUT2D eigenvalue weighted by Gasteiger charge is 2.59. The quantitative estimate of drug-likeness (QED) is 0.646. The Bertz CT molecular complexity index is 303. The summed E-state index contributed by atoms with van der Waals surface area (Å²) in [5, 5.41) is 0. The molecule has 0 amide bonds. The predicted molar refractivity (Wildman–Crippen MR) is 56.6 cm³/mol. The average molecular weight is 243 g/mol.